The first-order valence-corrected chi connectivity index (χ1v) is 7.54. The topological polar surface area (TPSA) is 24.9 Å². The highest BCUT2D eigenvalue weighted by Gasteiger charge is 2.10. The summed E-state index contributed by atoms with van der Waals surface area (Å²) < 4.78 is 1.23. The third-order valence-electron chi connectivity index (χ3n) is 2.82. The molecule has 18 heavy (non-hydrogen) atoms. The number of thiophene rings is 1. The van der Waals surface area contributed by atoms with E-state index in [0.717, 1.165) is 10.6 Å². The number of nitrogens with zero attached hydrogens (tertiary/aromatic N) is 1. The van der Waals surface area contributed by atoms with Crippen LogP contribution >= 0.6 is 22.7 Å². The van der Waals surface area contributed by atoms with Crippen molar-refractivity contribution < 1.29 is 0 Å². The number of rotatable bonds is 3. The number of nitrogens with one attached hydrogen (secondary N) is 1. The molecule has 0 aliphatic rings. The molecule has 1 N–H and O–H groups in total. The van der Waals surface area contributed by atoms with Gasteiger partial charge < -0.3 is 5.32 Å². The van der Waals surface area contributed by atoms with Crippen LogP contribution in [-0.2, 0) is 0 Å². The van der Waals surface area contributed by atoms with Crippen molar-refractivity contribution in [2.75, 3.05) is 5.32 Å². The summed E-state index contributed by atoms with van der Waals surface area (Å²) in [5.74, 6) is 0. The van der Waals surface area contributed by atoms with Crippen LogP contribution in [-0.4, -0.2) is 4.98 Å². The van der Waals surface area contributed by atoms with Gasteiger partial charge in [0.2, 0.25) is 0 Å². The van der Waals surface area contributed by atoms with Crippen molar-refractivity contribution in [3.63, 3.8) is 0 Å². The maximum absolute atomic E-state index is 4.60. The molecule has 0 aliphatic heterocycles. The smallest absolute Gasteiger partial charge is 0.184 e. The molecule has 2 nitrogen and oxygen atoms in total. The number of hydrogen-bond acceptors (Lipinski definition) is 4. The molecule has 0 saturated carbocycles. The molecule has 0 fully saturated rings. The van der Waals surface area contributed by atoms with E-state index in [-0.39, 0.29) is 0 Å². The molecule has 0 bridgehead atoms. The molecule has 92 valence electrons. The first kappa shape index (κ1) is 11.7. The number of anilines is 1. The minimum absolute atomic E-state index is 0.310. The average molecular weight is 274 g/mol. The van der Waals surface area contributed by atoms with E-state index in [1.807, 2.05) is 17.4 Å². The van der Waals surface area contributed by atoms with Crippen LogP contribution in [0.1, 0.15) is 22.7 Å². The summed E-state index contributed by atoms with van der Waals surface area (Å²) >= 11 is 3.55. The van der Waals surface area contributed by atoms with E-state index in [4.69, 9.17) is 0 Å². The predicted octanol–water partition coefficient (Wildman–Crippen LogP) is 4.84. The standard InChI is InChI=1S/C14H14N2S2/c1-9-7-8-12(17-9)10(2)15-14-16-11-5-3-4-6-13(11)18-14/h3-8,10H,1-2H3,(H,15,16). The normalized spacial score (nSPS) is 12.8. The first-order valence-electron chi connectivity index (χ1n) is 5.91. The Kier molecular flexibility index (Phi) is 3.06. The van der Waals surface area contributed by atoms with Crippen molar-refractivity contribution in [2.45, 2.75) is 19.9 Å². The lowest BCUT2D eigenvalue weighted by Gasteiger charge is -2.10. The molecule has 3 aromatic rings. The molecule has 1 unspecified atom stereocenters. The lowest BCUT2D eigenvalue weighted by atomic mass is 10.3. The summed E-state index contributed by atoms with van der Waals surface area (Å²) in [5.41, 5.74) is 1.07. The number of aromatic nitrogens is 1. The van der Waals surface area contributed by atoms with Crippen molar-refractivity contribution in [1.29, 1.82) is 0 Å². The van der Waals surface area contributed by atoms with Crippen LogP contribution in [0.5, 0.6) is 0 Å². The maximum Gasteiger partial charge on any atom is 0.184 e. The third-order valence-corrected chi connectivity index (χ3v) is 4.97. The molecule has 0 aliphatic carbocycles. The molecular weight excluding hydrogens is 260 g/mol. The molecule has 1 atom stereocenters. The Hall–Kier alpha value is -1.39. The molecular formula is C14H14N2S2. The fourth-order valence-electron chi connectivity index (χ4n) is 1.88. The Bertz CT molecular complexity index is 636. The van der Waals surface area contributed by atoms with Gasteiger partial charge in [-0.1, -0.05) is 23.5 Å². The SMILES string of the molecule is Cc1ccc(C(C)Nc2nc3ccccc3s2)s1. The van der Waals surface area contributed by atoms with Crippen molar-refractivity contribution >= 4 is 38.0 Å². The zero-order chi connectivity index (χ0) is 12.5. The molecule has 0 spiro atoms. The second-order valence-corrected chi connectivity index (χ2v) is 6.65. The molecule has 0 amide bonds. The second-order valence-electron chi connectivity index (χ2n) is 4.30. The Balaban J connectivity index is 1.83. The van der Waals surface area contributed by atoms with Gasteiger partial charge in [0.1, 0.15) is 0 Å². The Morgan fingerprint density at radius 3 is 2.67 bits per heavy atom. The predicted molar refractivity (Wildman–Crippen MR) is 80.7 cm³/mol. The van der Waals surface area contributed by atoms with Crippen LogP contribution in [0.4, 0.5) is 5.13 Å². The Labute approximate surface area is 114 Å². The molecule has 0 radical (unpaired) electrons. The van der Waals surface area contributed by atoms with Crippen LogP contribution in [0.2, 0.25) is 0 Å². The zero-order valence-electron chi connectivity index (χ0n) is 10.3. The van der Waals surface area contributed by atoms with Gasteiger partial charge in [-0.2, -0.15) is 0 Å². The molecule has 0 saturated heterocycles. The molecule has 2 aromatic heterocycles. The highest BCUT2D eigenvalue weighted by atomic mass is 32.1. The van der Waals surface area contributed by atoms with Crippen molar-refractivity contribution in [1.82, 2.24) is 4.98 Å². The van der Waals surface area contributed by atoms with E-state index < -0.39 is 0 Å². The molecule has 4 heteroatoms. The fraction of sp³-hybridized carbons (Fsp3) is 0.214. The third kappa shape index (κ3) is 2.26. The summed E-state index contributed by atoms with van der Waals surface area (Å²) in [7, 11) is 0. The summed E-state index contributed by atoms with van der Waals surface area (Å²) in [6.45, 7) is 4.32. The van der Waals surface area contributed by atoms with Crippen LogP contribution in [0.15, 0.2) is 36.4 Å². The lowest BCUT2D eigenvalue weighted by Crippen LogP contribution is -2.03. The van der Waals surface area contributed by atoms with Crippen LogP contribution < -0.4 is 5.32 Å². The second kappa shape index (κ2) is 4.71. The minimum atomic E-state index is 0.310. The van der Waals surface area contributed by atoms with E-state index in [2.05, 4.69) is 54.5 Å². The van der Waals surface area contributed by atoms with E-state index in [0.29, 0.717) is 6.04 Å². The van der Waals surface area contributed by atoms with Gasteiger partial charge in [0.05, 0.1) is 16.3 Å². The van der Waals surface area contributed by atoms with Crippen LogP contribution in [0.25, 0.3) is 10.2 Å². The number of thiazole rings is 1. The van der Waals surface area contributed by atoms with Gasteiger partial charge in [-0.05, 0) is 38.1 Å². The minimum Gasteiger partial charge on any atom is -0.354 e. The number of aryl methyl sites for hydroxylation is 1. The quantitative estimate of drug-likeness (QED) is 0.739. The van der Waals surface area contributed by atoms with Crippen molar-refractivity contribution in [2.24, 2.45) is 0 Å². The Morgan fingerprint density at radius 1 is 1.11 bits per heavy atom. The Morgan fingerprint density at radius 2 is 1.94 bits per heavy atom. The number of benzene rings is 1. The average Bonchev–Trinajstić information content (AvgIpc) is 2.94. The van der Waals surface area contributed by atoms with Gasteiger partial charge in [-0.15, -0.1) is 11.3 Å². The lowest BCUT2D eigenvalue weighted by molar-refractivity contribution is 0.905. The molecule has 2 heterocycles. The van der Waals surface area contributed by atoms with Gasteiger partial charge in [0.15, 0.2) is 5.13 Å². The van der Waals surface area contributed by atoms with Crippen molar-refractivity contribution in [3.05, 3.63) is 46.2 Å². The summed E-state index contributed by atoms with van der Waals surface area (Å²) in [6, 6.07) is 12.9. The fourth-order valence-corrected chi connectivity index (χ4v) is 3.71. The van der Waals surface area contributed by atoms with Gasteiger partial charge in [-0.3, -0.25) is 0 Å². The number of para-hydroxylation sites is 1. The monoisotopic (exact) mass is 274 g/mol. The first-order chi connectivity index (χ1) is 8.72. The molecule has 3 rings (SSSR count). The van der Waals surface area contributed by atoms with Gasteiger partial charge in [-0.25, -0.2) is 4.98 Å². The van der Waals surface area contributed by atoms with Gasteiger partial charge >= 0.3 is 0 Å². The molecule has 1 aromatic carbocycles. The van der Waals surface area contributed by atoms with E-state index >= 15 is 0 Å². The summed E-state index contributed by atoms with van der Waals surface area (Å²) in [5, 5.41) is 4.47. The zero-order valence-corrected chi connectivity index (χ0v) is 11.9. The highest BCUT2D eigenvalue weighted by molar-refractivity contribution is 7.22. The van der Waals surface area contributed by atoms with E-state index in [1.54, 1.807) is 11.3 Å². The van der Waals surface area contributed by atoms with Crippen LogP contribution in [0, 0.1) is 6.92 Å². The van der Waals surface area contributed by atoms with Crippen LogP contribution in [0.3, 0.4) is 0 Å². The largest absolute Gasteiger partial charge is 0.354 e. The number of hydrogen-bond donors (Lipinski definition) is 1. The summed E-state index contributed by atoms with van der Waals surface area (Å²) in [6.07, 6.45) is 0. The van der Waals surface area contributed by atoms with E-state index in [1.165, 1.54) is 14.5 Å². The number of fused-ring (bicyclic) bond motifs is 1. The van der Waals surface area contributed by atoms with Gasteiger partial charge in [0, 0.05) is 9.75 Å². The summed E-state index contributed by atoms with van der Waals surface area (Å²) in [4.78, 5) is 7.30. The maximum atomic E-state index is 4.60. The van der Waals surface area contributed by atoms with Gasteiger partial charge in [0.25, 0.3) is 0 Å². The van der Waals surface area contributed by atoms with E-state index in [9.17, 15) is 0 Å². The van der Waals surface area contributed by atoms with Crippen molar-refractivity contribution in [3.8, 4) is 0 Å². The highest BCUT2D eigenvalue weighted by Crippen LogP contribution is 2.30.